The van der Waals surface area contributed by atoms with Crippen molar-refractivity contribution in [1.82, 2.24) is 20.0 Å². The van der Waals surface area contributed by atoms with Crippen LogP contribution in [0.2, 0.25) is 0 Å². The molecule has 0 radical (unpaired) electrons. The fraction of sp³-hybridized carbons (Fsp3) is 0.565. The highest BCUT2D eigenvalue weighted by Gasteiger charge is 2.32. The number of piperidine rings is 1. The van der Waals surface area contributed by atoms with Gasteiger partial charge < -0.3 is 15.0 Å². The summed E-state index contributed by atoms with van der Waals surface area (Å²) in [6, 6.07) is 5.72. The SMILES string of the molecule is C[C@@H]1CN(C(=O)OC(C)(C)C)CC[C@H]1Nc1ccc2c(N3CCC(=O)NC3=O)nn(C)c2c1. The number of nitrogens with one attached hydrogen (secondary N) is 2. The average Bonchev–Trinajstić information content (AvgIpc) is 3.04. The maximum atomic E-state index is 12.4. The first-order valence-electron chi connectivity index (χ1n) is 11.3. The Morgan fingerprint density at radius 1 is 1.24 bits per heavy atom. The lowest BCUT2D eigenvalue weighted by atomic mass is 9.93. The Labute approximate surface area is 193 Å². The summed E-state index contributed by atoms with van der Waals surface area (Å²) in [6.45, 7) is 9.33. The summed E-state index contributed by atoms with van der Waals surface area (Å²) < 4.78 is 7.26. The van der Waals surface area contributed by atoms with Gasteiger partial charge >= 0.3 is 12.1 Å². The molecular weight excluding hydrogens is 424 g/mol. The van der Waals surface area contributed by atoms with Gasteiger partial charge in [0, 0.05) is 50.2 Å². The van der Waals surface area contributed by atoms with Gasteiger partial charge in [0.05, 0.1) is 5.52 Å². The van der Waals surface area contributed by atoms with E-state index >= 15 is 0 Å². The molecule has 4 rings (SSSR count). The van der Waals surface area contributed by atoms with E-state index in [0.717, 1.165) is 23.0 Å². The summed E-state index contributed by atoms with van der Waals surface area (Å²) in [5.74, 6) is 0.525. The summed E-state index contributed by atoms with van der Waals surface area (Å²) in [5, 5.41) is 11.3. The van der Waals surface area contributed by atoms with Gasteiger partial charge in [-0.2, -0.15) is 5.10 Å². The van der Waals surface area contributed by atoms with Crippen LogP contribution in [0.4, 0.5) is 21.1 Å². The van der Waals surface area contributed by atoms with E-state index in [1.807, 2.05) is 46.0 Å². The van der Waals surface area contributed by atoms with Gasteiger partial charge in [0.15, 0.2) is 5.82 Å². The van der Waals surface area contributed by atoms with Crippen LogP contribution in [0.3, 0.4) is 0 Å². The third-order valence-corrected chi connectivity index (χ3v) is 6.05. The molecule has 10 heteroatoms. The molecule has 2 atom stereocenters. The van der Waals surface area contributed by atoms with Crippen LogP contribution in [-0.4, -0.2) is 64.0 Å². The number of aromatic nitrogens is 2. The first-order valence-corrected chi connectivity index (χ1v) is 11.3. The topological polar surface area (TPSA) is 109 Å². The van der Waals surface area contributed by atoms with E-state index in [2.05, 4.69) is 22.7 Å². The Morgan fingerprint density at radius 3 is 2.67 bits per heavy atom. The summed E-state index contributed by atoms with van der Waals surface area (Å²) in [7, 11) is 1.84. The van der Waals surface area contributed by atoms with Gasteiger partial charge in [-0.05, 0) is 51.3 Å². The highest BCUT2D eigenvalue weighted by Crippen LogP contribution is 2.30. The van der Waals surface area contributed by atoms with Crippen LogP contribution in [0.5, 0.6) is 0 Å². The smallest absolute Gasteiger partial charge is 0.410 e. The van der Waals surface area contributed by atoms with Crippen molar-refractivity contribution in [2.24, 2.45) is 13.0 Å². The first-order chi connectivity index (χ1) is 15.5. The fourth-order valence-corrected chi connectivity index (χ4v) is 4.36. The van der Waals surface area contributed by atoms with Crippen molar-refractivity contribution in [3.05, 3.63) is 18.2 Å². The van der Waals surface area contributed by atoms with Gasteiger partial charge in [0.1, 0.15) is 5.60 Å². The Hall–Kier alpha value is -3.30. The Balaban J connectivity index is 1.46. The van der Waals surface area contributed by atoms with Crippen molar-refractivity contribution >= 4 is 40.4 Å². The van der Waals surface area contributed by atoms with Crippen LogP contribution in [0.15, 0.2) is 18.2 Å². The number of hydrogen-bond acceptors (Lipinski definition) is 6. The van der Waals surface area contributed by atoms with Crippen LogP contribution in [0.25, 0.3) is 10.9 Å². The molecule has 1 aromatic carbocycles. The Morgan fingerprint density at radius 2 is 2.00 bits per heavy atom. The molecule has 2 aliphatic heterocycles. The van der Waals surface area contributed by atoms with Gasteiger partial charge in [-0.25, -0.2) is 9.59 Å². The van der Waals surface area contributed by atoms with Gasteiger partial charge in [-0.15, -0.1) is 0 Å². The Kier molecular flexibility index (Phi) is 5.94. The number of amides is 4. The number of rotatable bonds is 3. The van der Waals surface area contributed by atoms with Crippen LogP contribution in [0.1, 0.15) is 40.5 Å². The minimum Gasteiger partial charge on any atom is -0.444 e. The normalized spacial score (nSPS) is 21.8. The molecule has 33 heavy (non-hydrogen) atoms. The predicted molar refractivity (Wildman–Crippen MR) is 125 cm³/mol. The number of ether oxygens (including phenoxy) is 1. The minimum absolute atomic E-state index is 0.215. The lowest BCUT2D eigenvalue weighted by molar-refractivity contribution is -0.120. The molecule has 1 aromatic heterocycles. The van der Waals surface area contributed by atoms with Gasteiger partial charge in [0.2, 0.25) is 5.91 Å². The van der Waals surface area contributed by atoms with Gasteiger partial charge in [0.25, 0.3) is 0 Å². The first kappa shape index (κ1) is 22.9. The molecule has 2 N–H and O–H groups in total. The number of hydrogen-bond donors (Lipinski definition) is 2. The number of imide groups is 1. The third-order valence-electron chi connectivity index (χ3n) is 6.05. The summed E-state index contributed by atoms with van der Waals surface area (Å²) >= 11 is 0. The maximum Gasteiger partial charge on any atom is 0.410 e. The second kappa shape index (κ2) is 8.57. The highest BCUT2D eigenvalue weighted by molar-refractivity contribution is 6.09. The average molecular weight is 457 g/mol. The molecule has 3 heterocycles. The van der Waals surface area contributed by atoms with Crippen molar-refractivity contribution < 1.29 is 19.1 Å². The van der Waals surface area contributed by atoms with E-state index in [4.69, 9.17) is 4.74 Å². The number of urea groups is 1. The molecule has 2 saturated heterocycles. The molecule has 2 aromatic rings. The van der Waals surface area contributed by atoms with E-state index in [1.54, 1.807) is 9.58 Å². The number of likely N-dealkylation sites (tertiary alicyclic amines) is 1. The molecule has 0 bridgehead atoms. The number of fused-ring (bicyclic) bond motifs is 1. The summed E-state index contributed by atoms with van der Waals surface area (Å²) in [4.78, 5) is 39.4. The molecule has 0 unspecified atom stereocenters. The fourth-order valence-electron chi connectivity index (χ4n) is 4.36. The standard InChI is InChI=1S/C23H32N6O4/c1-14-13-28(22(32)33-23(2,3)4)10-8-17(14)24-15-6-7-16-18(12-15)27(5)26-20(16)29-11-9-19(30)25-21(29)31/h6-7,12,14,17,24H,8-11,13H2,1-5H3,(H,25,30,31)/t14-,17-/m1/s1. The molecule has 2 aliphatic rings. The van der Waals surface area contributed by atoms with E-state index in [0.29, 0.717) is 25.5 Å². The third kappa shape index (κ3) is 4.89. The number of aryl methyl sites for hydroxylation is 1. The molecule has 4 amide bonds. The number of anilines is 2. The largest absolute Gasteiger partial charge is 0.444 e. The minimum atomic E-state index is -0.503. The Bertz CT molecular complexity index is 1090. The number of carbonyl (C=O) groups is 3. The van der Waals surface area contributed by atoms with E-state index in [-0.39, 0.29) is 30.4 Å². The quantitative estimate of drug-likeness (QED) is 0.735. The predicted octanol–water partition coefficient (Wildman–Crippen LogP) is 3.08. The number of carbonyl (C=O) groups excluding carboxylic acids is 3. The summed E-state index contributed by atoms with van der Waals surface area (Å²) in [6.07, 6.45) is 0.806. The lowest BCUT2D eigenvalue weighted by Gasteiger charge is -2.38. The van der Waals surface area contributed by atoms with Gasteiger partial charge in [-0.3, -0.25) is 19.7 Å². The van der Waals surface area contributed by atoms with E-state index < -0.39 is 11.6 Å². The molecular formula is C23H32N6O4. The number of benzene rings is 1. The highest BCUT2D eigenvalue weighted by atomic mass is 16.6. The molecule has 0 aliphatic carbocycles. The van der Waals surface area contributed by atoms with Crippen molar-refractivity contribution in [3.8, 4) is 0 Å². The van der Waals surface area contributed by atoms with Crippen LogP contribution in [0, 0.1) is 5.92 Å². The molecule has 178 valence electrons. The second-order valence-electron chi connectivity index (χ2n) is 9.88. The molecule has 2 fully saturated rings. The zero-order valence-electron chi connectivity index (χ0n) is 19.8. The van der Waals surface area contributed by atoms with E-state index in [1.165, 1.54) is 4.90 Å². The van der Waals surface area contributed by atoms with Crippen molar-refractivity contribution in [3.63, 3.8) is 0 Å². The number of nitrogens with zero attached hydrogens (tertiary/aromatic N) is 4. The van der Waals surface area contributed by atoms with Crippen LogP contribution >= 0.6 is 0 Å². The van der Waals surface area contributed by atoms with Crippen molar-refractivity contribution in [2.45, 2.75) is 52.2 Å². The zero-order chi connectivity index (χ0) is 23.9. The molecule has 0 spiro atoms. The van der Waals surface area contributed by atoms with Crippen LogP contribution in [-0.2, 0) is 16.6 Å². The van der Waals surface area contributed by atoms with E-state index in [9.17, 15) is 14.4 Å². The molecule has 10 nitrogen and oxygen atoms in total. The molecule has 0 saturated carbocycles. The second-order valence-corrected chi connectivity index (χ2v) is 9.88. The lowest BCUT2D eigenvalue weighted by Crippen LogP contribution is -2.49. The summed E-state index contributed by atoms with van der Waals surface area (Å²) in [5.41, 5.74) is 1.34. The van der Waals surface area contributed by atoms with Crippen molar-refractivity contribution in [1.29, 1.82) is 0 Å². The van der Waals surface area contributed by atoms with Crippen LogP contribution < -0.4 is 15.5 Å². The zero-order valence-corrected chi connectivity index (χ0v) is 19.8. The van der Waals surface area contributed by atoms with Gasteiger partial charge in [-0.1, -0.05) is 6.92 Å². The van der Waals surface area contributed by atoms with Crippen molar-refractivity contribution in [2.75, 3.05) is 29.9 Å². The monoisotopic (exact) mass is 456 g/mol. The maximum absolute atomic E-state index is 12.4.